The largest absolute Gasteiger partial charge is 0.506 e. The molecule has 3 heteroatoms. The molecule has 3 rings (SSSR count). The van der Waals surface area contributed by atoms with Gasteiger partial charge >= 0.3 is 0 Å². The predicted octanol–water partition coefficient (Wildman–Crippen LogP) is 3.99. The molecule has 2 aromatic rings. The first-order valence-corrected chi connectivity index (χ1v) is 7.24. The number of anilines is 1. The minimum absolute atomic E-state index is 0.298. The minimum atomic E-state index is 0.298. The van der Waals surface area contributed by atoms with Gasteiger partial charge in [-0.25, -0.2) is 0 Å². The lowest BCUT2D eigenvalue weighted by molar-refractivity contribution is 0.477. The standard InChI is InChI=1S/C16H15NOS/c18-15-7-3-2-6-14(15)17-10-12-9-13-5-1-4-8-16(13)19-11-12/h1-9,17-18H,10-11H2. The van der Waals surface area contributed by atoms with Crippen LogP contribution in [0.3, 0.4) is 0 Å². The Morgan fingerprint density at radius 1 is 1.05 bits per heavy atom. The molecular weight excluding hydrogens is 254 g/mol. The molecule has 2 nitrogen and oxygen atoms in total. The lowest BCUT2D eigenvalue weighted by atomic mass is 10.1. The van der Waals surface area contributed by atoms with Crippen molar-refractivity contribution in [3.63, 3.8) is 0 Å². The highest BCUT2D eigenvalue weighted by Gasteiger charge is 2.10. The van der Waals surface area contributed by atoms with Crippen LogP contribution in [0, 0.1) is 0 Å². The van der Waals surface area contributed by atoms with Gasteiger partial charge in [0.2, 0.25) is 0 Å². The van der Waals surface area contributed by atoms with Crippen molar-refractivity contribution < 1.29 is 5.11 Å². The molecule has 0 aliphatic carbocycles. The summed E-state index contributed by atoms with van der Waals surface area (Å²) in [6.45, 7) is 0.763. The van der Waals surface area contributed by atoms with E-state index < -0.39 is 0 Å². The molecular formula is C16H15NOS. The molecule has 0 saturated carbocycles. The number of fused-ring (bicyclic) bond motifs is 1. The zero-order valence-electron chi connectivity index (χ0n) is 10.5. The Morgan fingerprint density at radius 3 is 2.74 bits per heavy atom. The molecule has 96 valence electrons. The van der Waals surface area contributed by atoms with E-state index in [0.717, 1.165) is 18.0 Å². The Hall–Kier alpha value is -1.87. The molecule has 0 amide bonds. The van der Waals surface area contributed by atoms with Crippen LogP contribution in [0.25, 0.3) is 6.08 Å². The Balaban J connectivity index is 1.72. The molecule has 0 unspecified atom stereocenters. The number of hydrogen-bond acceptors (Lipinski definition) is 3. The Kier molecular flexibility index (Phi) is 3.47. The lowest BCUT2D eigenvalue weighted by Crippen LogP contribution is -2.08. The SMILES string of the molecule is Oc1ccccc1NCC1=Cc2ccccc2SC1. The molecule has 2 N–H and O–H groups in total. The van der Waals surface area contributed by atoms with Crippen LogP contribution in [0.5, 0.6) is 5.75 Å². The maximum atomic E-state index is 9.71. The van der Waals surface area contributed by atoms with E-state index in [9.17, 15) is 5.11 Å². The van der Waals surface area contributed by atoms with Gasteiger partial charge < -0.3 is 10.4 Å². The van der Waals surface area contributed by atoms with E-state index in [1.54, 1.807) is 6.07 Å². The van der Waals surface area contributed by atoms with Gasteiger partial charge in [0.1, 0.15) is 5.75 Å². The average molecular weight is 269 g/mol. The quantitative estimate of drug-likeness (QED) is 0.826. The van der Waals surface area contributed by atoms with Crippen LogP contribution in [0.1, 0.15) is 5.56 Å². The van der Waals surface area contributed by atoms with Gasteiger partial charge in [0.15, 0.2) is 0 Å². The molecule has 0 radical (unpaired) electrons. The van der Waals surface area contributed by atoms with E-state index in [4.69, 9.17) is 0 Å². The number of phenolic OH excluding ortho intramolecular Hbond substituents is 1. The van der Waals surface area contributed by atoms with Crippen LogP contribution >= 0.6 is 11.8 Å². The van der Waals surface area contributed by atoms with Crippen molar-refractivity contribution in [1.82, 2.24) is 0 Å². The predicted molar refractivity (Wildman–Crippen MR) is 81.7 cm³/mol. The smallest absolute Gasteiger partial charge is 0.138 e. The van der Waals surface area contributed by atoms with E-state index >= 15 is 0 Å². The maximum absolute atomic E-state index is 9.71. The normalized spacial score (nSPS) is 13.6. The maximum Gasteiger partial charge on any atom is 0.138 e. The zero-order chi connectivity index (χ0) is 13.1. The first kappa shape index (κ1) is 12.2. The lowest BCUT2D eigenvalue weighted by Gasteiger charge is -2.17. The third-order valence-corrected chi connectivity index (χ3v) is 4.30. The summed E-state index contributed by atoms with van der Waals surface area (Å²) in [6.07, 6.45) is 2.23. The van der Waals surface area contributed by atoms with Gasteiger partial charge in [0.05, 0.1) is 5.69 Å². The molecule has 1 aliphatic rings. The Morgan fingerprint density at radius 2 is 1.84 bits per heavy atom. The van der Waals surface area contributed by atoms with Gasteiger partial charge in [-0.1, -0.05) is 36.4 Å². The third kappa shape index (κ3) is 2.76. The molecule has 0 fully saturated rings. The number of para-hydroxylation sites is 2. The van der Waals surface area contributed by atoms with Gasteiger partial charge in [0.25, 0.3) is 0 Å². The fraction of sp³-hybridized carbons (Fsp3) is 0.125. The van der Waals surface area contributed by atoms with Gasteiger partial charge in [-0.2, -0.15) is 0 Å². The topological polar surface area (TPSA) is 32.3 Å². The number of benzene rings is 2. The van der Waals surface area contributed by atoms with Crippen LogP contribution < -0.4 is 5.32 Å². The summed E-state index contributed by atoms with van der Waals surface area (Å²) in [7, 11) is 0. The van der Waals surface area contributed by atoms with E-state index in [1.807, 2.05) is 30.0 Å². The van der Waals surface area contributed by atoms with Crippen molar-refractivity contribution in [2.24, 2.45) is 0 Å². The van der Waals surface area contributed by atoms with E-state index in [1.165, 1.54) is 16.0 Å². The summed E-state index contributed by atoms with van der Waals surface area (Å²) in [5.41, 5.74) is 3.41. The van der Waals surface area contributed by atoms with E-state index in [2.05, 4.69) is 35.7 Å². The summed E-state index contributed by atoms with van der Waals surface area (Å²) in [5, 5.41) is 13.0. The van der Waals surface area contributed by atoms with Crippen molar-refractivity contribution in [3.8, 4) is 5.75 Å². The van der Waals surface area contributed by atoms with Crippen LogP contribution in [-0.4, -0.2) is 17.4 Å². The highest BCUT2D eigenvalue weighted by Crippen LogP contribution is 2.31. The van der Waals surface area contributed by atoms with Crippen LogP contribution in [0.4, 0.5) is 5.69 Å². The van der Waals surface area contributed by atoms with E-state index in [0.29, 0.717) is 5.75 Å². The third-order valence-electron chi connectivity index (χ3n) is 3.10. The number of aromatic hydroxyl groups is 1. The van der Waals surface area contributed by atoms with E-state index in [-0.39, 0.29) is 0 Å². The minimum Gasteiger partial charge on any atom is -0.506 e. The summed E-state index contributed by atoms with van der Waals surface area (Å²) >= 11 is 1.87. The number of thioether (sulfide) groups is 1. The summed E-state index contributed by atoms with van der Waals surface area (Å²) in [4.78, 5) is 1.34. The van der Waals surface area contributed by atoms with Crippen LogP contribution in [0.15, 0.2) is 59.0 Å². The summed E-state index contributed by atoms with van der Waals surface area (Å²) < 4.78 is 0. The highest BCUT2D eigenvalue weighted by molar-refractivity contribution is 7.99. The van der Waals surface area contributed by atoms with Crippen molar-refractivity contribution in [3.05, 3.63) is 59.7 Å². The number of hydrogen-bond donors (Lipinski definition) is 2. The number of rotatable bonds is 3. The fourth-order valence-corrected chi connectivity index (χ4v) is 3.09. The van der Waals surface area contributed by atoms with Crippen molar-refractivity contribution in [2.75, 3.05) is 17.6 Å². The molecule has 0 bridgehead atoms. The molecule has 19 heavy (non-hydrogen) atoms. The second-order valence-corrected chi connectivity index (χ2v) is 5.52. The first-order chi connectivity index (χ1) is 9.33. The molecule has 0 aromatic heterocycles. The molecule has 1 heterocycles. The second-order valence-electron chi connectivity index (χ2n) is 4.50. The number of nitrogens with one attached hydrogen (secondary N) is 1. The number of phenols is 1. The molecule has 0 saturated heterocycles. The van der Waals surface area contributed by atoms with Crippen LogP contribution in [-0.2, 0) is 0 Å². The van der Waals surface area contributed by atoms with Crippen molar-refractivity contribution in [2.45, 2.75) is 4.90 Å². The van der Waals surface area contributed by atoms with Gasteiger partial charge in [-0.15, -0.1) is 11.8 Å². The Labute approximate surface area is 117 Å². The first-order valence-electron chi connectivity index (χ1n) is 6.26. The average Bonchev–Trinajstić information content (AvgIpc) is 2.46. The summed E-state index contributed by atoms with van der Waals surface area (Å²) in [6, 6.07) is 15.8. The summed E-state index contributed by atoms with van der Waals surface area (Å²) in [5.74, 6) is 1.30. The van der Waals surface area contributed by atoms with Gasteiger partial charge in [0, 0.05) is 17.2 Å². The van der Waals surface area contributed by atoms with Gasteiger partial charge in [-0.05, 0) is 29.3 Å². The van der Waals surface area contributed by atoms with Gasteiger partial charge in [-0.3, -0.25) is 0 Å². The van der Waals surface area contributed by atoms with Crippen LogP contribution in [0.2, 0.25) is 0 Å². The Bertz CT molecular complexity index is 622. The highest BCUT2D eigenvalue weighted by atomic mass is 32.2. The fourth-order valence-electron chi connectivity index (χ4n) is 2.10. The molecule has 0 spiro atoms. The molecule has 2 aromatic carbocycles. The molecule has 1 aliphatic heterocycles. The second kappa shape index (κ2) is 5.41. The van der Waals surface area contributed by atoms with Crippen molar-refractivity contribution >= 4 is 23.5 Å². The monoisotopic (exact) mass is 269 g/mol. The van der Waals surface area contributed by atoms with Crippen molar-refractivity contribution in [1.29, 1.82) is 0 Å². The molecule has 0 atom stereocenters. The zero-order valence-corrected chi connectivity index (χ0v) is 11.3.